The summed E-state index contributed by atoms with van der Waals surface area (Å²) in [6, 6.07) is 76.2. The maximum Gasteiger partial charge on any atom is 0.113 e. The molecule has 0 N–H and O–H groups in total. The van der Waals surface area contributed by atoms with Gasteiger partial charge in [0, 0.05) is 57.8 Å². The minimum absolute atomic E-state index is 0.0765. The topological polar surface area (TPSA) is 9.86 Å². The van der Waals surface area contributed by atoms with Crippen molar-refractivity contribution in [2.75, 3.05) is 0 Å². The van der Waals surface area contributed by atoms with Gasteiger partial charge < -0.3 is 9.13 Å². The summed E-state index contributed by atoms with van der Waals surface area (Å²) >= 11 is 0. The van der Waals surface area contributed by atoms with Crippen molar-refractivity contribution in [3.8, 4) is 44.8 Å². The van der Waals surface area contributed by atoms with Crippen LogP contribution in [-0.2, 0) is 0 Å². The van der Waals surface area contributed by atoms with Gasteiger partial charge in [0.1, 0.15) is 78.5 Å². The lowest BCUT2D eigenvalue weighted by Crippen LogP contribution is -2.55. The molecule has 2 aromatic heterocycles. The lowest BCUT2D eigenvalue weighted by Gasteiger charge is -2.43. The number of aromatic nitrogens is 2. The van der Waals surface area contributed by atoms with E-state index < -0.39 is 10.0 Å². The van der Waals surface area contributed by atoms with Crippen LogP contribution in [0.1, 0.15) is 0 Å². The maximum atomic E-state index is 7.30. The van der Waals surface area contributed by atoms with Gasteiger partial charge in [-0.2, -0.15) is 0 Å². The smallest absolute Gasteiger partial charge is 0.113 e. The molecule has 13 aromatic rings. The van der Waals surface area contributed by atoms with Crippen LogP contribution in [0.15, 0.2) is 238 Å². The van der Waals surface area contributed by atoms with Gasteiger partial charge in [0.05, 0.1) is 33.4 Å². The van der Waals surface area contributed by atoms with E-state index in [-0.39, 0.29) is 54.6 Å². The van der Waals surface area contributed by atoms with Crippen molar-refractivity contribution in [3.63, 3.8) is 0 Å². The van der Waals surface area contributed by atoms with Crippen LogP contribution in [0.2, 0.25) is 0 Å². The summed E-state index contributed by atoms with van der Waals surface area (Å²) in [5.41, 5.74) is 10.4. The fraction of sp³-hybridized carbons (Fsp3) is 0. The summed E-state index contributed by atoms with van der Waals surface area (Å²) in [7, 11) is 67.5. The molecular formula is C66H36B10N2S. The lowest BCUT2D eigenvalue weighted by atomic mass is 9.58. The first-order valence-electron chi connectivity index (χ1n) is 25.7. The molecule has 13 rings (SSSR count). The molecule has 2 heterocycles. The van der Waals surface area contributed by atoms with Gasteiger partial charge in [-0.25, -0.2) is 0 Å². The molecule has 0 atom stereocenters. The number of nitrogens with zero attached hydrogens (tertiary/aromatic N) is 2. The molecule has 0 amide bonds. The predicted octanol–water partition coefficient (Wildman–Crippen LogP) is 6.16. The molecule has 0 aliphatic carbocycles. The van der Waals surface area contributed by atoms with Gasteiger partial charge in [-0.3, -0.25) is 0 Å². The Labute approximate surface area is 475 Å². The van der Waals surface area contributed by atoms with E-state index in [1.165, 1.54) is 10.8 Å². The molecule has 0 fully saturated rings. The van der Waals surface area contributed by atoms with E-state index in [0.717, 1.165) is 69.2 Å². The Morgan fingerprint density at radius 2 is 0.595 bits per heavy atom. The SMILES string of the molecule is [B]c1c([B])c([B])c(-c2cc(S(c3ccccc3)(c3ccccc3)c3ccccc3)cc(-c3c([B])c([B])c([B])c([B])c3[B])c2-n2c3ccccc3c3cc(-c4ccccc4-n4c5ccccc5c5ccccc54)ccc32)c([B])c1[B]. The van der Waals surface area contributed by atoms with Crippen molar-refractivity contribution in [1.82, 2.24) is 9.13 Å². The van der Waals surface area contributed by atoms with Crippen LogP contribution in [0.3, 0.4) is 0 Å². The Balaban J connectivity index is 1.21. The Morgan fingerprint density at radius 3 is 1.04 bits per heavy atom. The molecule has 0 bridgehead atoms. The Hall–Kier alpha value is -7.98. The molecule has 13 heteroatoms. The fourth-order valence-electron chi connectivity index (χ4n) is 11.9. The monoisotopic (exact) mass is 998 g/mol. The first kappa shape index (κ1) is 50.5. The second-order valence-corrected chi connectivity index (χ2v) is 22.9. The molecule has 0 aliphatic rings. The van der Waals surface area contributed by atoms with Crippen molar-refractivity contribution >= 4 is 187 Å². The Kier molecular flexibility index (Phi) is 12.6. The molecule has 79 heavy (non-hydrogen) atoms. The Morgan fingerprint density at radius 1 is 0.253 bits per heavy atom. The van der Waals surface area contributed by atoms with Crippen molar-refractivity contribution in [2.45, 2.75) is 19.6 Å². The molecule has 0 aliphatic heterocycles. The summed E-state index contributed by atoms with van der Waals surface area (Å²) in [5.74, 6) is 0. The molecule has 0 unspecified atom stereocenters. The van der Waals surface area contributed by atoms with E-state index in [1.54, 1.807) is 0 Å². The molecule has 20 radical (unpaired) electrons. The van der Waals surface area contributed by atoms with Crippen molar-refractivity contribution in [3.05, 3.63) is 218 Å². The van der Waals surface area contributed by atoms with Crippen molar-refractivity contribution in [2.24, 2.45) is 0 Å². The highest BCUT2D eigenvalue weighted by atomic mass is 32.3. The van der Waals surface area contributed by atoms with E-state index in [1.807, 2.05) is 30.3 Å². The van der Waals surface area contributed by atoms with E-state index in [0.29, 0.717) is 27.9 Å². The van der Waals surface area contributed by atoms with E-state index in [9.17, 15) is 0 Å². The summed E-state index contributed by atoms with van der Waals surface area (Å²) < 4.78 is 4.56. The second-order valence-electron chi connectivity index (χ2n) is 19.8. The van der Waals surface area contributed by atoms with Crippen LogP contribution in [0, 0.1) is 0 Å². The van der Waals surface area contributed by atoms with Gasteiger partial charge >= 0.3 is 0 Å². The van der Waals surface area contributed by atoms with Crippen molar-refractivity contribution in [1.29, 1.82) is 0 Å². The normalized spacial score (nSPS) is 12.0. The minimum atomic E-state index is -2.49. The van der Waals surface area contributed by atoms with Crippen LogP contribution >= 0.6 is 10.0 Å². The number of hydrogen-bond acceptors (Lipinski definition) is 0. The van der Waals surface area contributed by atoms with Crippen LogP contribution in [0.5, 0.6) is 0 Å². The van der Waals surface area contributed by atoms with E-state index in [2.05, 4.69) is 197 Å². The molecule has 0 spiro atoms. The zero-order valence-electron chi connectivity index (χ0n) is 42.9. The predicted molar refractivity (Wildman–Crippen MR) is 345 cm³/mol. The largest absolute Gasteiger partial charge is 0.309 e. The highest BCUT2D eigenvalue weighted by molar-refractivity contribution is 8.34. The maximum absolute atomic E-state index is 7.30. The third-order valence-electron chi connectivity index (χ3n) is 15.6. The molecule has 346 valence electrons. The number of fused-ring (bicyclic) bond motifs is 6. The molecule has 11 aromatic carbocycles. The third-order valence-corrected chi connectivity index (χ3v) is 19.5. The van der Waals surface area contributed by atoms with Gasteiger partial charge in [-0.1, -0.05) is 155 Å². The zero-order valence-corrected chi connectivity index (χ0v) is 43.7. The van der Waals surface area contributed by atoms with Gasteiger partial charge in [-0.15, -0.1) is 42.8 Å². The second kappa shape index (κ2) is 19.7. The summed E-state index contributed by atoms with van der Waals surface area (Å²) in [6.07, 6.45) is 0. The average molecular weight is 997 g/mol. The molecular weight excluding hydrogens is 961 g/mol. The quantitative estimate of drug-likeness (QED) is 0.154. The molecule has 0 saturated heterocycles. The standard InChI is InChI=1S/C66H36B10N2S/c67-56-54(57(68)61(72)64(75)60(56)71)47-35-41(79(38-18-4-1-5-19-38,39-20-6-2-7-21-39)40-22-8-3-9-23-40)36-48(55-58(69)62(73)65(76)63(74)59(55)70)66(47)78-52-31-17-13-27-45(52)46-34-37(32-33-53(46)78)42-24-10-14-28-49(42)77-50-29-15-11-25-43(50)44-26-12-16-30-51(44)77/h1-36H. The van der Waals surface area contributed by atoms with Crippen LogP contribution < -0.4 is 54.6 Å². The lowest BCUT2D eigenvalue weighted by molar-refractivity contribution is 1.17. The summed E-state index contributed by atoms with van der Waals surface area (Å²) in [6.45, 7) is 0. The van der Waals surface area contributed by atoms with E-state index >= 15 is 0 Å². The average Bonchev–Trinajstić information content (AvgIpc) is 4.16. The first-order chi connectivity index (χ1) is 38.4. The van der Waals surface area contributed by atoms with Gasteiger partial charge in [0.15, 0.2) is 0 Å². The van der Waals surface area contributed by atoms with Gasteiger partial charge in [-0.05, 0) is 102 Å². The number of rotatable bonds is 9. The third kappa shape index (κ3) is 7.71. The molecule has 0 saturated carbocycles. The van der Waals surface area contributed by atoms with Crippen LogP contribution in [-0.4, -0.2) is 87.6 Å². The van der Waals surface area contributed by atoms with Crippen LogP contribution in [0.4, 0.5) is 0 Å². The summed E-state index contributed by atoms with van der Waals surface area (Å²) in [4.78, 5) is 3.97. The summed E-state index contributed by atoms with van der Waals surface area (Å²) in [5, 5.41) is 4.27. The number of benzene rings is 11. The van der Waals surface area contributed by atoms with Gasteiger partial charge in [0.25, 0.3) is 0 Å². The first-order valence-corrected chi connectivity index (χ1v) is 27.4. The number of hydrogen-bond donors (Lipinski definition) is 0. The van der Waals surface area contributed by atoms with Crippen molar-refractivity contribution < 1.29 is 0 Å². The zero-order chi connectivity index (χ0) is 54.4. The highest BCUT2D eigenvalue weighted by Gasteiger charge is 2.36. The fourth-order valence-corrected chi connectivity index (χ4v) is 15.8. The highest BCUT2D eigenvalue weighted by Crippen LogP contribution is 2.74. The van der Waals surface area contributed by atoms with Crippen LogP contribution in [0.25, 0.3) is 88.4 Å². The number of para-hydroxylation sites is 4. The minimum Gasteiger partial charge on any atom is -0.309 e. The van der Waals surface area contributed by atoms with E-state index in [4.69, 9.17) is 78.5 Å². The molecule has 2 nitrogen and oxygen atoms in total. The Bertz CT molecular complexity index is 4320. The van der Waals surface area contributed by atoms with Gasteiger partial charge in [0.2, 0.25) is 0 Å².